The van der Waals surface area contributed by atoms with Crippen LogP contribution >= 0.6 is 0 Å². The Balaban J connectivity index is 1.50. The van der Waals surface area contributed by atoms with Gasteiger partial charge in [0.25, 0.3) is 5.91 Å². The number of nitrogens with zero attached hydrogens (tertiary/aromatic N) is 2. The second kappa shape index (κ2) is 11.3. The first-order chi connectivity index (χ1) is 17.3. The van der Waals surface area contributed by atoms with Crippen molar-refractivity contribution < 1.29 is 18.0 Å². The second-order valence-electron chi connectivity index (χ2n) is 9.17. The van der Waals surface area contributed by atoms with Gasteiger partial charge in [-0.15, -0.1) is 0 Å². The van der Waals surface area contributed by atoms with E-state index in [0.29, 0.717) is 49.2 Å². The summed E-state index contributed by atoms with van der Waals surface area (Å²) in [6.07, 6.45) is 5.93. The van der Waals surface area contributed by atoms with E-state index in [2.05, 4.69) is 27.4 Å². The first-order valence-corrected chi connectivity index (χ1v) is 12.1. The van der Waals surface area contributed by atoms with Crippen LogP contribution in [0.1, 0.15) is 53.2 Å². The Kier molecular flexibility index (Phi) is 7.99. The van der Waals surface area contributed by atoms with Crippen molar-refractivity contribution in [1.82, 2.24) is 15.5 Å². The van der Waals surface area contributed by atoms with Crippen LogP contribution in [0, 0.1) is 23.6 Å². The number of piperidine rings is 1. The number of aromatic amines is 1. The molecule has 2 N–H and O–H groups in total. The number of halogens is 3. The van der Waals surface area contributed by atoms with Crippen molar-refractivity contribution in [3.63, 3.8) is 0 Å². The summed E-state index contributed by atoms with van der Waals surface area (Å²) in [5.41, 5.74) is 3.63. The van der Waals surface area contributed by atoms with E-state index in [9.17, 15) is 18.0 Å². The summed E-state index contributed by atoms with van der Waals surface area (Å²) in [4.78, 5) is 14.8. The van der Waals surface area contributed by atoms with Gasteiger partial charge in [0.2, 0.25) is 5.92 Å². The molecule has 4 rings (SSSR count). The summed E-state index contributed by atoms with van der Waals surface area (Å²) in [5, 5.41) is 9.62. The number of carbonyl (C=O) groups is 1. The van der Waals surface area contributed by atoms with E-state index in [-0.39, 0.29) is 11.7 Å². The smallest absolute Gasteiger partial charge is 0.251 e. The topological polar surface area (TPSA) is 61.0 Å². The second-order valence-corrected chi connectivity index (χ2v) is 9.17. The Hall–Kier alpha value is -3.73. The summed E-state index contributed by atoms with van der Waals surface area (Å²) in [7, 11) is 0. The van der Waals surface area contributed by atoms with Gasteiger partial charge in [0.05, 0.1) is 11.9 Å². The van der Waals surface area contributed by atoms with E-state index in [1.165, 1.54) is 12.1 Å². The molecule has 0 unspecified atom stereocenters. The van der Waals surface area contributed by atoms with Crippen molar-refractivity contribution >= 4 is 11.6 Å². The van der Waals surface area contributed by atoms with Crippen LogP contribution in [-0.4, -0.2) is 41.7 Å². The molecule has 3 aromatic rings. The van der Waals surface area contributed by atoms with Gasteiger partial charge in [-0.1, -0.05) is 11.8 Å². The standard InChI is InChI=1S/C28H29F3N4O/c1-28(30,31)24-12-15-35(16-13-24)26-11-8-23(27(36)32-14-2-3-21-18-33-34-19-21)17-22(26)7-4-20-5-9-25(29)10-6-20/h5-6,8-11,17-19,24H,2-3,12-16H2,1H3,(H,32,36)(H,33,34). The minimum Gasteiger partial charge on any atom is -0.370 e. The molecule has 0 atom stereocenters. The molecule has 1 amide bonds. The van der Waals surface area contributed by atoms with E-state index in [1.54, 1.807) is 30.5 Å². The van der Waals surface area contributed by atoms with Crippen molar-refractivity contribution in [1.29, 1.82) is 0 Å². The molecule has 1 aliphatic heterocycles. The minimum atomic E-state index is -2.70. The number of aromatic nitrogens is 2. The monoisotopic (exact) mass is 494 g/mol. The van der Waals surface area contributed by atoms with Crippen LogP contribution in [0.15, 0.2) is 54.9 Å². The van der Waals surface area contributed by atoms with Crippen molar-refractivity contribution in [2.75, 3.05) is 24.5 Å². The summed E-state index contributed by atoms with van der Waals surface area (Å²) >= 11 is 0. The molecule has 1 aromatic heterocycles. The zero-order valence-electron chi connectivity index (χ0n) is 20.2. The molecule has 0 aliphatic carbocycles. The number of aryl methyl sites for hydroxylation is 1. The average Bonchev–Trinajstić information content (AvgIpc) is 3.39. The molecule has 1 saturated heterocycles. The van der Waals surface area contributed by atoms with Crippen LogP contribution in [0.5, 0.6) is 0 Å². The SMILES string of the molecule is CC(F)(F)C1CCN(c2ccc(C(=O)NCCCc3cn[nH]c3)cc2C#Cc2ccc(F)cc2)CC1. The third kappa shape index (κ3) is 6.69. The predicted molar refractivity (Wildman–Crippen MR) is 134 cm³/mol. The molecule has 5 nitrogen and oxygen atoms in total. The summed E-state index contributed by atoms with van der Waals surface area (Å²) in [5.74, 6) is 2.26. The Labute approximate surface area is 209 Å². The predicted octanol–water partition coefficient (Wildman–Crippen LogP) is 5.18. The van der Waals surface area contributed by atoms with Gasteiger partial charge in [-0.25, -0.2) is 13.2 Å². The first kappa shape index (κ1) is 25.4. The van der Waals surface area contributed by atoms with Crippen molar-refractivity contribution in [2.45, 2.75) is 38.5 Å². The fourth-order valence-electron chi connectivity index (χ4n) is 4.36. The highest BCUT2D eigenvalue weighted by atomic mass is 19.3. The normalized spacial score (nSPS) is 14.3. The maximum Gasteiger partial charge on any atom is 0.251 e. The van der Waals surface area contributed by atoms with Gasteiger partial charge < -0.3 is 10.2 Å². The van der Waals surface area contributed by atoms with Crippen molar-refractivity contribution in [2.24, 2.45) is 5.92 Å². The van der Waals surface area contributed by atoms with Gasteiger partial charge in [-0.2, -0.15) is 5.10 Å². The number of hydrogen-bond donors (Lipinski definition) is 2. The fourth-order valence-corrected chi connectivity index (χ4v) is 4.36. The van der Waals surface area contributed by atoms with Gasteiger partial charge in [0.1, 0.15) is 5.82 Å². The molecule has 188 valence electrons. The molecular weight excluding hydrogens is 465 g/mol. The van der Waals surface area contributed by atoms with E-state index >= 15 is 0 Å². The van der Waals surface area contributed by atoms with E-state index < -0.39 is 11.8 Å². The van der Waals surface area contributed by atoms with Crippen molar-refractivity contribution in [3.8, 4) is 11.8 Å². The number of rotatable bonds is 7. The highest BCUT2D eigenvalue weighted by Gasteiger charge is 2.36. The third-order valence-electron chi connectivity index (χ3n) is 6.48. The highest BCUT2D eigenvalue weighted by Crippen LogP contribution is 2.35. The van der Waals surface area contributed by atoms with E-state index in [4.69, 9.17) is 0 Å². The molecule has 2 heterocycles. The van der Waals surface area contributed by atoms with Gasteiger partial charge in [-0.05, 0) is 80.6 Å². The zero-order chi connectivity index (χ0) is 25.5. The molecule has 1 fully saturated rings. The number of benzene rings is 2. The van der Waals surface area contributed by atoms with Crippen LogP contribution in [0.2, 0.25) is 0 Å². The molecule has 36 heavy (non-hydrogen) atoms. The third-order valence-corrected chi connectivity index (χ3v) is 6.48. The van der Waals surface area contributed by atoms with Crippen LogP contribution in [0.25, 0.3) is 0 Å². The highest BCUT2D eigenvalue weighted by molar-refractivity contribution is 5.95. The number of nitrogens with one attached hydrogen (secondary N) is 2. The van der Waals surface area contributed by atoms with Crippen LogP contribution < -0.4 is 10.2 Å². The van der Waals surface area contributed by atoms with Crippen LogP contribution in [0.3, 0.4) is 0 Å². The Morgan fingerprint density at radius 2 is 1.92 bits per heavy atom. The molecule has 0 radical (unpaired) electrons. The maximum atomic E-state index is 13.8. The Morgan fingerprint density at radius 3 is 2.58 bits per heavy atom. The average molecular weight is 495 g/mol. The number of alkyl halides is 2. The summed E-state index contributed by atoms with van der Waals surface area (Å²) in [6.45, 7) is 2.47. The van der Waals surface area contributed by atoms with Gasteiger partial charge in [0.15, 0.2) is 0 Å². The maximum absolute atomic E-state index is 13.8. The Bertz CT molecular complexity index is 1220. The van der Waals surface area contributed by atoms with E-state index in [0.717, 1.165) is 31.0 Å². The number of hydrogen-bond acceptors (Lipinski definition) is 3. The molecule has 8 heteroatoms. The Morgan fingerprint density at radius 1 is 1.17 bits per heavy atom. The van der Waals surface area contributed by atoms with Crippen molar-refractivity contribution in [3.05, 3.63) is 82.9 Å². The lowest BCUT2D eigenvalue weighted by Crippen LogP contribution is -2.39. The molecule has 2 aromatic carbocycles. The lowest BCUT2D eigenvalue weighted by atomic mass is 9.90. The largest absolute Gasteiger partial charge is 0.370 e. The minimum absolute atomic E-state index is 0.206. The lowest BCUT2D eigenvalue weighted by molar-refractivity contribution is -0.0481. The number of carbonyl (C=O) groups excluding carboxylic acids is 1. The number of anilines is 1. The molecule has 0 saturated carbocycles. The fraction of sp³-hybridized carbons (Fsp3) is 0.357. The zero-order valence-corrected chi connectivity index (χ0v) is 20.2. The number of amides is 1. The van der Waals surface area contributed by atoms with Gasteiger partial charge in [0, 0.05) is 48.4 Å². The van der Waals surface area contributed by atoms with Crippen LogP contribution in [0.4, 0.5) is 18.9 Å². The van der Waals surface area contributed by atoms with Gasteiger partial charge >= 0.3 is 0 Å². The quantitative estimate of drug-likeness (QED) is 0.351. The molecule has 1 aliphatic rings. The number of H-pyrrole nitrogens is 1. The molecular formula is C28H29F3N4O. The first-order valence-electron chi connectivity index (χ1n) is 12.1. The lowest BCUT2D eigenvalue weighted by Gasteiger charge is -2.36. The summed E-state index contributed by atoms with van der Waals surface area (Å²) < 4.78 is 40.8. The van der Waals surface area contributed by atoms with Crippen LogP contribution in [-0.2, 0) is 6.42 Å². The van der Waals surface area contributed by atoms with Gasteiger partial charge in [-0.3, -0.25) is 9.89 Å². The molecule has 0 spiro atoms. The molecule has 0 bridgehead atoms. The van der Waals surface area contributed by atoms with E-state index in [1.807, 2.05) is 17.2 Å². The summed E-state index contributed by atoms with van der Waals surface area (Å²) in [6, 6.07) is 11.2.